The molecule has 0 radical (unpaired) electrons. The maximum absolute atomic E-state index is 9.89. The quantitative estimate of drug-likeness (QED) is 0.135. The van der Waals surface area contributed by atoms with E-state index in [1.54, 1.807) is 17.0 Å². The third-order valence-corrected chi connectivity index (χ3v) is 16.2. The maximum atomic E-state index is 9.89. The van der Waals surface area contributed by atoms with E-state index in [1.807, 2.05) is 97.3 Å². The van der Waals surface area contributed by atoms with Crippen LogP contribution in [-0.2, 0) is 0 Å². The molecule has 82 heavy (non-hydrogen) atoms. The molecule has 5 heterocycles. The van der Waals surface area contributed by atoms with Gasteiger partial charge in [0.1, 0.15) is 0 Å². The number of hydrogen-bond donors (Lipinski definition) is 0. The van der Waals surface area contributed by atoms with E-state index < -0.39 is 43.0 Å². The van der Waals surface area contributed by atoms with Gasteiger partial charge in [-0.2, -0.15) is 0 Å². The zero-order chi connectivity index (χ0) is 61.1. The van der Waals surface area contributed by atoms with Crippen molar-refractivity contribution in [3.63, 3.8) is 0 Å². The van der Waals surface area contributed by atoms with Crippen LogP contribution < -0.4 is 26.2 Å². The van der Waals surface area contributed by atoms with Crippen LogP contribution in [0.2, 0.25) is 0 Å². The lowest BCUT2D eigenvalue weighted by Crippen LogP contribution is -2.61. The van der Waals surface area contributed by atoms with E-state index in [4.69, 9.17) is 2.74 Å². The molecule has 2 aliphatic rings. The molecule has 0 bridgehead atoms. The van der Waals surface area contributed by atoms with E-state index in [-0.39, 0.29) is 33.9 Å². The Morgan fingerprint density at radius 2 is 0.707 bits per heavy atom. The SMILES string of the molecule is [2H]c1c([2H])c([2H])c2c(c1[2H])c1c([2H])c([2H])c([2H])c([2H])c1n2-c1cc2c3c(c1)N(c1c(-c4ccccc4)cccc1-c1ccccc1)c1ccc(-c4cccnc4)cc1B3c1cc(-c3cccnc3)ccc1N2c1c(-c2ccccc2)cccc1-c1ccccc1. The van der Waals surface area contributed by atoms with Gasteiger partial charge in [0.15, 0.2) is 0 Å². The van der Waals surface area contributed by atoms with Gasteiger partial charge in [0.2, 0.25) is 0 Å². The Balaban J connectivity index is 1.15. The van der Waals surface area contributed by atoms with Crippen LogP contribution in [0.1, 0.15) is 11.0 Å². The number of benzene rings is 11. The lowest BCUT2D eigenvalue weighted by Gasteiger charge is -2.46. The molecule has 14 aromatic rings. The Bertz CT molecular complexity index is 4800. The second-order valence-corrected chi connectivity index (χ2v) is 20.7. The Kier molecular flexibility index (Phi) is 9.41. The summed E-state index contributed by atoms with van der Waals surface area (Å²) in [6.07, 6.45) is 7.35. The van der Waals surface area contributed by atoms with Gasteiger partial charge in [0.25, 0.3) is 6.71 Å². The summed E-state index contributed by atoms with van der Waals surface area (Å²) in [7, 11) is 0. The Labute approximate surface area is 488 Å². The molecule has 5 nitrogen and oxygen atoms in total. The van der Waals surface area contributed by atoms with Crippen molar-refractivity contribution in [3.8, 4) is 72.4 Å². The molecule has 6 heteroatoms. The molecule has 0 amide bonds. The monoisotopic (exact) mass is 1050 g/mol. The molecule has 0 atom stereocenters. The number of fused-ring (bicyclic) bond motifs is 7. The lowest BCUT2D eigenvalue weighted by molar-refractivity contribution is 1.16. The van der Waals surface area contributed by atoms with Gasteiger partial charge < -0.3 is 14.4 Å². The predicted molar refractivity (Wildman–Crippen MR) is 343 cm³/mol. The van der Waals surface area contributed by atoms with Crippen LogP contribution in [0.3, 0.4) is 0 Å². The van der Waals surface area contributed by atoms with Gasteiger partial charge in [0, 0.05) is 80.6 Å². The summed E-state index contributed by atoms with van der Waals surface area (Å²) >= 11 is 0. The van der Waals surface area contributed by atoms with E-state index in [2.05, 4.69) is 165 Å². The number of rotatable bonds is 9. The zero-order valence-corrected chi connectivity index (χ0v) is 44.1. The molecule has 0 saturated heterocycles. The standard InChI is InChI=1S/C76H50BN5/c1-5-21-51(22-6-1)60-33-17-34-61(52-23-7-2-8-24-52)75(60)81-70-41-39-55(57-29-19-43-78-49-57)45-66(70)77-67-46-56(58-30-20-44-79-50-58)40-42-71(67)82(76-62(53-25-9-3-10-26-53)35-18-36-63(76)54-27-11-4-12-28-54)73-48-59(47-72(81)74(73)77)80-68-37-15-13-31-64(68)65-32-14-16-38-69(65)80/h1-50H/i13D,14D,15D,16D,31D,32D,37D,38D. The molecule has 11 aromatic carbocycles. The first-order valence-corrected chi connectivity index (χ1v) is 27.4. The highest BCUT2D eigenvalue weighted by atomic mass is 15.2. The van der Waals surface area contributed by atoms with Crippen molar-refractivity contribution < 1.29 is 11.0 Å². The predicted octanol–water partition coefficient (Wildman–Crippen LogP) is 17.7. The van der Waals surface area contributed by atoms with Crippen molar-refractivity contribution in [2.24, 2.45) is 0 Å². The van der Waals surface area contributed by atoms with Crippen molar-refractivity contribution in [2.45, 2.75) is 0 Å². The molecule has 0 saturated carbocycles. The van der Waals surface area contributed by atoms with Gasteiger partial charge in [-0.15, -0.1) is 0 Å². The van der Waals surface area contributed by atoms with Gasteiger partial charge in [-0.1, -0.05) is 230 Å². The van der Waals surface area contributed by atoms with Crippen molar-refractivity contribution >= 4 is 79.0 Å². The number of nitrogens with zero attached hydrogens (tertiary/aromatic N) is 5. The Morgan fingerprint density at radius 1 is 0.329 bits per heavy atom. The highest BCUT2D eigenvalue weighted by molar-refractivity contribution is 7.00. The summed E-state index contributed by atoms with van der Waals surface area (Å²) in [5.74, 6) is 0. The van der Waals surface area contributed by atoms with E-state index in [0.717, 1.165) is 117 Å². The van der Waals surface area contributed by atoms with Crippen LogP contribution in [0.25, 0.3) is 94.3 Å². The molecule has 0 spiro atoms. The van der Waals surface area contributed by atoms with Crippen LogP contribution in [0, 0.1) is 0 Å². The third-order valence-electron chi connectivity index (χ3n) is 16.2. The van der Waals surface area contributed by atoms with Crippen molar-refractivity contribution in [1.29, 1.82) is 0 Å². The van der Waals surface area contributed by atoms with Crippen LogP contribution in [0.15, 0.2) is 304 Å². The summed E-state index contributed by atoms with van der Waals surface area (Å²) in [4.78, 5) is 14.0. The van der Waals surface area contributed by atoms with Gasteiger partial charge in [0.05, 0.1) is 39.1 Å². The molecule has 3 aromatic heterocycles. The average Bonchev–Trinajstić information content (AvgIpc) is 1.79. The van der Waals surface area contributed by atoms with Gasteiger partial charge in [-0.25, -0.2) is 0 Å². The number of anilines is 6. The normalized spacial score (nSPS) is 13.7. The summed E-state index contributed by atoms with van der Waals surface area (Å²) in [6, 6.07) is 76.2. The van der Waals surface area contributed by atoms with Crippen LogP contribution in [0.5, 0.6) is 0 Å². The van der Waals surface area contributed by atoms with Crippen LogP contribution in [-0.4, -0.2) is 21.2 Å². The zero-order valence-electron chi connectivity index (χ0n) is 52.1. The summed E-state index contributed by atoms with van der Waals surface area (Å²) in [6.45, 7) is -0.504. The van der Waals surface area contributed by atoms with Crippen molar-refractivity contribution in [1.82, 2.24) is 14.5 Å². The molecule has 0 unspecified atom stereocenters. The number of pyridine rings is 2. The van der Waals surface area contributed by atoms with Crippen molar-refractivity contribution in [2.75, 3.05) is 9.80 Å². The fourth-order valence-electron chi connectivity index (χ4n) is 12.7. The first-order valence-electron chi connectivity index (χ1n) is 31.4. The molecular weight excluding hydrogens is 994 g/mol. The topological polar surface area (TPSA) is 37.2 Å². The number of hydrogen-bond acceptors (Lipinski definition) is 4. The second kappa shape index (κ2) is 19.5. The fraction of sp³-hybridized carbons (Fsp3) is 0. The average molecular weight is 1050 g/mol. The van der Waals surface area contributed by atoms with E-state index >= 15 is 0 Å². The minimum Gasteiger partial charge on any atom is -0.310 e. The smallest absolute Gasteiger partial charge is 0.252 e. The molecule has 16 rings (SSSR count). The van der Waals surface area contributed by atoms with Crippen molar-refractivity contribution in [3.05, 3.63) is 304 Å². The first-order chi connectivity index (χ1) is 44.0. The van der Waals surface area contributed by atoms with E-state index in [9.17, 15) is 8.22 Å². The summed E-state index contributed by atoms with van der Waals surface area (Å²) in [5.41, 5.74) is 19.7. The minimum absolute atomic E-state index is 0.0101. The highest BCUT2D eigenvalue weighted by Crippen LogP contribution is 2.54. The van der Waals surface area contributed by atoms with E-state index in [0.29, 0.717) is 5.69 Å². The Morgan fingerprint density at radius 3 is 1.09 bits per heavy atom. The highest BCUT2D eigenvalue weighted by Gasteiger charge is 2.46. The van der Waals surface area contributed by atoms with Crippen LogP contribution >= 0.6 is 0 Å². The minimum atomic E-state index is -0.513. The summed E-state index contributed by atoms with van der Waals surface area (Å²) < 4.78 is 77.3. The largest absolute Gasteiger partial charge is 0.310 e. The molecule has 0 N–H and O–H groups in total. The molecule has 382 valence electrons. The first kappa shape index (κ1) is 39.5. The second-order valence-electron chi connectivity index (χ2n) is 20.7. The summed E-state index contributed by atoms with van der Waals surface area (Å²) in [5, 5.41) is -0.0202. The Hall–Kier alpha value is -10.8. The molecule has 0 aliphatic carbocycles. The fourth-order valence-corrected chi connectivity index (χ4v) is 12.7. The van der Waals surface area contributed by atoms with E-state index in [1.165, 1.54) is 0 Å². The molecule has 2 aliphatic heterocycles. The van der Waals surface area contributed by atoms with Crippen LogP contribution in [0.4, 0.5) is 34.1 Å². The maximum Gasteiger partial charge on any atom is 0.252 e. The molecule has 0 fully saturated rings. The van der Waals surface area contributed by atoms with Gasteiger partial charge >= 0.3 is 0 Å². The lowest BCUT2D eigenvalue weighted by atomic mass is 9.33. The number of para-hydroxylation sites is 4. The molecular formula is C76H50BN5. The number of aromatic nitrogens is 3. The van der Waals surface area contributed by atoms with Gasteiger partial charge in [-0.3, -0.25) is 9.97 Å². The van der Waals surface area contributed by atoms with Gasteiger partial charge in [-0.05, 0) is 109 Å². The third kappa shape index (κ3) is 7.64.